The average Bonchev–Trinajstić information content (AvgIpc) is 1.88. The first kappa shape index (κ1) is 6.80. The quantitative estimate of drug-likeness (QED) is 0.593. The molecule has 1 heterocycles. The number of hydrogen-bond acceptors (Lipinski definition) is 3. The van der Waals surface area contributed by atoms with Gasteiger partial charge in [0.05, 0.1) is 5.69 Å². The van der Waals surface area contributed by atoms with Crippen LogP contribution < -0.4 is 10.9 Å². The predicted octanol–water partition coefficient (Wildman–Crippen LogP) is 0.985. The molecule has 3 nitrogen and oxygen atoms in total. The van der Waals surface area contributed by atoms with Gasteiger partial charge in [-0.1, -0.05) is 0 Å². The zero-order chi connectivity index (χ0) is 7.56. The summed E-state index contributed by atoms with van der Waals surface area (Å²) in [5.74, 6) is 0.321. The molecular weight excluding hydrogens is 133 g/mol. The first-order valence-corrected chi connectivity index (χ1v) is 2.81. The summed E-state index contributed by atoms with van der Waals surface area (Å²) in [5.41, 5.74) is 5.70. The monoisotopic (exact) mass is 141 g/mol. The SMILES string of the molecule is CN(F)c1ccnc(N)c1. The molecule has 0 aliphatic carbocycles. The van der Waals surface area contributed by atoms with E-state index >= 15 is 0 Å². The minimum absolute atomic E-state index is 0.321. The topological polar surface area (TPSA) is 42.2 Å². The predicted molar refractivity (Wildman–Crippen MR) is 38.2 cm³/mol. The van der Waals surface area contributed by atoms with E-state index in [9.17, 15) is 4.48 Å². The Morgan fingerprint density at radius 2 is 2.40 bits per heavy atom. The molecule has 0 aliphatic rings. The molecule has 1 aromatic heterocycles. The van der Waals surface area contributed by atoms with E-state index < -0.39 is 0 Å². The van der Waals surface area contributed by atoms with Crippen LogP contribution in [0.3, 0.4) is 0 Å². The van der Waals surface area contributed by atoms with Crippen LogP contribution in [0.5, 0.6) is 0 Å². The van der Waals surface area contributed by atoms with E-state index in [1.807, 2.05) is 0 Å². The van der Waals surface area contributed by atoms with Gasteiger partial charge in [-0.15, -0.1) is 4.48 Å². The van der Waals surface area contributed by atoms with Gasteiger partial charge in [-0.3, -0.25) is 0 Å². The van der Waals surface area contributed by atoms with Gasteiger partial charge in [0.15, 0.2) is 0 Å². The molecule has 0 saturated heterocycles. The fourth-order valence-electron chi connectivity index (χ4n) is 0.628. The van der Waals surface area contributed by atoms with E-state index in [1.54, 1.807) is 0 Å². The highest BCUT2D eigenvalue weighted by molar-refractivity contribution is 5.49. The number of aromatic nitrogens is 1. The minimum atomic E-state index is 0.321. The third-order valence-corrected chi connectivity index (χ3v) is 1.12. The number of nitrogen functional groups attached to an aromatic ring is 1. The molecule has 0 amide bonds. The molecule has 0 saturated carbocycles. The first-order valence-electron chi connectivity index (χ1n) is 2.81. The molecule has 1 rings (SSSR count). The van der Waals surface area contributed by atoms with Gasteiger partial charge in [0.25, 0.3) is 0 Å². The van der Waals surface area contributed by atoms with Crippen LogP contribution in [-0.2, 0) is 0 Å². The van der Waals surface area contributed by atoms with Crippen LogP contribution in [0.15, 0.2) is 18.3 Å². The van der Waals surface area contributed by atoms with Crippen molar-refractivity contribution in [1.29, 1.82) is 0 Å². The molecular formula is C6H8FN3. The van der Waals surface area contributed by atoms with Crippen LogP contribution in [0.25, 0.3) is 0 Å². The van der Waals surface area contributed by atoms with Crippen molar-refractivity contribution in [3.05, 3.63) is 18.3 Å². The summed E-state index contributed by atoms with van der Waals surface area (Å²) in [4.78, 5) is 3.71. The molecule has 10 heavy (non-hydrogen) atoms. The Hall–Kier alpha value is -1.32. The van der Waals surface area contributed by atoms with Crippen molar-refractivity contribution in [2.75, 3.05) is 17.9 Å². The Labute approximate surface area is 58.2 Å². The molecule has 0 bridgehead atoms. The number of rotatable bonds is 1. The van der Waals surface area contributed by atoms with Gasteiger partial charge in [-0.05, 0) is 6.07 Å². The Balaban J connectivity index is 2.96. The summed E-state index contributed by atoms with van der Waals surface area (Å²) in [7, 11) is 1.30. The van der Waals surface area contributed by atoms with Gasteiger partial charge >= 0.3 is 0 Å². The smallest absolute Gasteiger partial charge is 0.125 e. The number of anilines is 2. The van der Waals surface area contributed by atoms with Crippen molar-refractivity contribution in [3.63, 3.8) is 0 Å². The van der Waals surface area contributed by atoms with Crippen LogP contribution in [0.1, 0.15) is 0 Å². The van der Waals surface area contributed by atoms with E-state index in [0.717, 1.165) is 0 Å². The Morgan fingerprint density at radius 3 is 2.80 bits per heavy atom. The molecule has 0 aliphatic heterocycles. The third kappa shape index (κ3) is 1.34. The van der Waals surface area contributed by atoms with Crippen LogP contribution >= 0.6 is 0 Å². The fourth-order valence-corrected chi connectivity index (χ4v) is 0.628. The first-order chi connectivity index (χ1) is 4.70. The molecule has 0 unspecified atom stereocenters. The van der Waals surface area contributed by atoms with Gasteiger partial charge in [0.1, 0.15) is 5.82 Å². The number of halogens is 1. The third-order valence-electron chi connectivity index (χ3n) is 1.12. The van der Waals surface area contributed by atoms with E-state index in [2.05, 4.69) is 4.98 Å². The van der Waals surface area contributed by atoms with Gasteiger partial charge in [-0.2, -0.15) is 0 Å². The molecule has 0 fully saturated rings. The van der Waals surface area contributed by atoms with Crippen molar-refractivity contribution < 1.29 is 4.48 Å². The number of nitrogens with zero attached hydrogens (tertiary/aromatic N) is 2. The molecule has 54 valence electrons. The lowest BCUT2D eigenvalue weighted by molar-refractivity contribution is 0.476. The zero-order valence-corrected chi connectivity index (χ0v) is 5.58. The second-order valence-corrected chi connectivity index (χ2v) is 1.92. The van der Waals surface area contributed by atoms with Gasteiger partial charge in [0.2, 0.25) is 0 Å². The summed E-state index contributed by atoms with van der Waals surface area (Å²) in [5, 5.41) is 0.484. The Morgan fingerprint density at radius 1 is 1.70 bits per heavy atom. The standard InChI is InChI=1S/C6H8FN3/c1-10(7)5-2-3-9-6(8)4-5/h2-4H,1H3,(H2,8,9). The maximum atomic E-state index is 12.4. The van der Waals surface area contributed by atoms with E-state index in [4.69, 9.17) is 5.73 Å². The maximum Gasteiger partial charge on any atom is 0.125 e. The van der Waals surface area contributed by atoms with E-state index in [0.29, 0.717) is 16.6 Å². The van der Waals surface area contributed by atoms with Crippen molar-refractivity contribution in [1.82, 2.24) is 4.98 Å². The fraction of sp³-hybridized carbons (Fsp3) is 0.167. The van der Waals surface area contributed by atoms with E-state index in [1.165, 1.54) is 25.4 Å². The molecule has 0 radical (unpaired) electrons. The highest BCUT2D eigenvalue weighted by Crippen LogP contribution is 2.13. The normalized spacial score (nSPS) is 9.40. The lowest BCUT2D eigenvalue weighted by Crippen LogP contribution is -2.03. The number of pyridine rings is 1. The minimum Gasteiger partial charge on any atom is -0.384 e. The second kappa shape index (κ2) is 2.51. The Kier molecular flexibility index (Phi) is 1.71. The molecule has 0 spiro atoms. The maximum absolute atomic E-state index is 12.4. The van der Waals surface area contributed by atoms with Crippen molar-refractivity contribution in [3.8, 4) is 0 Å². The molecule has 4 heteroatoms. The average molecular weight is 141 g/mol. The van der Waals surface area contributed by atoms with Crippen molar-refractivity contribution in [2.24, 2.45) is 0 Å². The molecule has 0 aromatic carbocycles. The van der Waals surface area contributed by atoms with Crippen molar-refractivity contribution in [2.45, 2.75) is 0 Å². The lowest BCUT2D eigenvalue weighted by atomic mass is 10.4. The summed E-state index contributed by atoms with van der Waals surface area (Å²) < 4.78 is 12.4. The summed E-state index contributed by atoms with van der Waals surface area (Å²) in [6.45, 7) is 0. The van der Waals surface area contributed by atoms with Crippen LogP contribution in [-0.4, -0.2) is 12.0 Å². The highest BCUT2D eigenvalue weighted by Gasteiger charge is 1.96. The van der Waals surface area contributed by atoms with Crippen LogP contribution in [0.2, 0.25) is 0 Å². The second-order valence-electron chi connectivity index (χ2n) is 1.92. The molecule has 2 N–H and O–H groups in total. The lowest BCUT2D eigenvalue weighted by Gasteiger charge is -2.05. The van der Waals surface area contributed by atoms with Crippen molar-refractivity contribution >= 4 is 11.5 Å². The van der Waals surface area contributed by atoms with Crippen LogP contribution in [0.4, 0.5) is 16.0 Å². The van der Waals surface area contributed by atoms with E-state index in [-0.39, 0.29) is 0 Å². The van der Waals surface area contributed by atoms with Gasteiger partial charge in [0, 0.05) is 19.3 Å². The summed E-state index contributed by atoms with van der Waals surface area (Å²) in [6.07, 6.45) is 1.46. The summed E-state index contributed by atoms with van der Waals surface area (Å²) >= 11 is 0. The number of hydrogen-bond donors (Lipinski definition) is 1. The van der Waals surface area contributed by atoms with Gasteiger partial charge in [-0.25, -0.2) is 10.1 Å². The molecule has 1 aromatic rings. The largest absolute Gasteiger partial charge is 0.384 e. The Bertz CT molecular complexity index is 224. The van der Waals surface area contributed by atoms with Crippen LogP contribution in [0, 0.1) is 0 Å². The zero-order valence-electron chi connectivity index (χ0n) is 5.58. The molecule has 0 atom stereocenters. The highest BCUT2D eigenvalue weighted by atomic mass is 19.2. The summed E-state index contributed by atoms with van der Waals surface area (Å²) in [6, 6.07) is 3.00. The number of nitrogens with two attached hydrogens (primary N) is 1. The van der Waals surface area contributed by atoms with Gasteiger partial charge < -0.3 is 5.73 Å².